The Labute approximate surface area is 119 Å². The van der Waals surface area contributed by atoms with Gasteiger partial charge < -0.3 is 5.32 Å². The van der Waals surface area contributed by atoms with Gasteiger partial charge in [0.2, 0.25) is 0 Å². The minimum atomic E-state index is -0.267. The van der Waals surface area contributed by atoms with Gasteiger partial charge in [0.1, 0.15) is 11.6 Å². The van der Waals surface area contributed by atoms with Gasteiger partial charge in [-0.2, -0.15) is 5.10 Å². The highest BCUT2D eigenvalue weighted by molar-refractivity contribution is 7.09. The van der Waals surface area contributed by atoms with E-state index in [9.17, 15) is 4.39 Å². The van der Waals surface area contributed by atoms with Crippen molar-refractivity contribution >= 4 is 17.2 Å². The lowest BCUT2D eigenvalue weighted by Gasteiger charge is -2.04. The van der Waals surface area contributed by atoms with E-state index in [-0.39, 0.29) is 5.82 Å². The number of aryl methyl sites for hydroxylation is 1. The summed E-state index contributed by atoms with van der Waals surface area (Å²) in [6.07, 6.45) is 1.83. The van der Waals surface area contributed by atoms with Crippen molar-refractivity contribution in [2.45, 2.75) is 13.5 Å². The van der Waals surface area contributed by atoms with Crippen LogP contribution in [0.3, 0.4) is 0 Å². The average molecular weight is 288 g/mol. The fourth-order valence-corrected chi connectivity index (χ4v) is 2.47. The highest BCUT2D eigenvalue weighted by atomic mass is 32.1. The molecule has 0 aliphatic heterocycles. The van der Waals surface area contributed by atoms with Crippen molar-refractivity contribution in [3.63, 3.8) is 0 Å². The Morgan fingerprint density at radius 2 is 2.25 bits per heavy atom. The van der Waals surface area contributed by atoms with Crippen LogP contribution in [0.15, 0.2) is 42.0 Å². The molecule has 20 heavy (non-hydrogen) atoms. The van der Waals surface area contributed by atoms with Gasteiger partial charge in [-0.25, -0.2) is 9.07 Å². The molecule has 0 saturated heterocycles. The lowest BCUT2D eigenvalue weighted by atomic mass is 10.3. The molecule has 0 unspecified atom stereocenters. The van der Waals surface area contributed by atoms with Crippen LogP contribution in [0.1, 0.15) is 10.6 Å². The number of halogens is 1. The van der Waals surface area contributed by atoms with Crippen LogP contribution >= 0.6 is 11.3 Å². The van der Waals surface area contributed by atoms with Gasteiger partial charge in [0.25, 0.3) is 0 Å². The van der Waals surface area contributed by atoms with Crippen molar-refractivity contribution in [2.75, 3.05) is 5.32 Å². The second-order valence-corrected chi connectivity index (χ2v) is 5.35. The maximum absolute atomic E-state index is 13.3. The summed E-state index contributed by atoms with van der Waals surface area (Å²) in [6, 6.07) is 8.33. The molecule has 2 aromatic heterocycles. The first-order chi connectivity index (χ1) is 9.72. The standard InChI is InChI=1S/C14H13FN4S/c1-10-5-14(17-8-13-7-16-9-20-13)18-19(10)12-4-2-3-11(15)6-12/h2-7,9H,8H2,1H3,(H,17,18). The normalized spacial score (nSPS) is 10.7. The van der Waals surface area contributed by atoms with Gasteiger partial charge in [-0.1, -0.05) is 6.07 Å². The van der Waals surface area contributed by atoms with Gasteiger partial charge in [-0.05, 0) is 25.1 Å². The molecule has 0 fully saturated rings. The predicted molar refractivity (Wildman–Crippen MR) is 77.7 cm³/mol. The first-order valence-electron chi connectivity index (χ1n) is 6.16. The summed E-state index contributed by atoms with van der Waals surface area (Å²) >= 11 is 1.59. The topological polar surface area (TPSA) is 42.7 Å². The van der Waals surface area contributed by atoms with E-state index in [1.165, 1.54) is 12.1 Å². The van der Waals surface area contributed by atoms with Crippen LogP contribution in [-0.4, -0.2) is 14.8 Å². The number of thiazole rings is 1. The van der Waals surface area contributed by atoms with Crippen molar-refractivity contribution in [3.8, 4) is 5.69 Å². The van der Waals surface area contributed by atoms with Crippen LogP contribution in [0, 0.1) is 12.7 Å². The number of hydrogen-bond acceptors (Lipinski definition) is 4. The Kier molecular flexibility index (Phi) is 3.47. The van der Waals surface area contributed by atoms with Crippen LogP contribution < -0.4 is 5.32 Å². The Balaban J connectivity index is 1.80. The van der Waals surface area contributed by atoms with Crippen molar-refractivity contribution in [1.82, 2.24) is 14.8 Å². The molecule has 1 N–H and O–H groups in total. The van der Waals surface area contributed by atoms with Crippen LogP contribution in [0.5, 0.6) is 0 Å². The maximum Gasteiger partial charge on any atom is 0.149 e. The Hall–Kier alpha value is -2.21. The number of anilines is 1. The summed E-state index contributed by atoms with van der Waals surface area (Å²) in [6.45, 7) is 2.63. The Morgan fingerprint density at radius 3 is 3.00 bits per heavy atom. The summed E-state index contributed by atoms with van der Waals surface area (Å²) in [5.41, 5.74) is 3.46. The average Bonchev–Trinajstić information content (AvgIpc) is 3.05. The van der Waals surface area contributed by atoms with E-state index in [0.717, 1.165) is 16.4 Å². The van der Waals surface area contributed by atoms with Gasteiger partial charge in [0.15, 0.2) is 0 Å². The predicted octanol–water partition coefficient (Wildman–Crippen LogP) is 3.39. The summed E-state index contributed by atoms with van der Waals surface area (Å²) in [4.78, 5) is 5.17. The van der Waals surface area contributed by atoms with E-state index in [2.05, 4.69) is 15.4 Å². The van der Waals surface area contributed by atoms with Crippen molar-refractivity contribution in [1.29, 1.82) is 0 Å². The molecule has 0 radical (unpaired) electrons. The van der Waals surface area contributed by atoms with Crippen LogP contribution in [0.4, 0.5) is 10.2 Å². The Morgan fingerprint density at radius 1 is 1.35 bits per heavy atom. The third-order valence-corrected chi connectivity index (χ3v) is 3.65. The molecule has 4 nitrogen and oxygen atoms in total. The molecule has 1 aromatic carbocycles. The van der Waals surface area contributed by atoms with Crippen molar-refractivity contribution < 1.29 is 4.39 Å². The number of nitrogens with zero attached hydrogens (tertiary/aromatic N) is 3. The molecule has 0 aliphatic carbocycles. The molecule has 3 rings (SSSR count). The second kappa shape index (κ2) is 5.42. The molecule has 2 heterocycles. The highest BCUT2D eigenvalue weighted by Gasteiger charge is 2.07. The maximum atomic E-state index is 13.3. The lowest BCUT2D eigenvalue weighted by Crippen LogP contribution is -2.01. The molecule has 0 spiro atoms. The zero-order chi connectivity index (χ0) is 13.9. The highest BCUT2D eigenvalue weighted by Crippen LogP contribution is 2.17. The lowest BCUT2D eigenvalue weighted by molar-refractivity contribution is 0.625. The van der Waals surface area contributed by atoms with Gasteiger partial charge in [0.05, 0.1) is 17.7 Å². The SMILES string of the molecule is Cc1cc(NCc2cncs2)nn1-c1cccc(F)c1. The van der Waals surface area contributed by atoms with E-state index >= 15 is 0 Å². The largest absolute Gasteiger partial charge is 0.364 e. The molecule has 0 atom stereocenters. The minimum absolute atomic E-state index is 0.267. The molecule has 0 amide bonds. The number of aromatic nitrogens is 3. The van der Waals surface area contributed by atoms with Gasteiger partial charge >= 0.3 is 0 Å². The molecule has 0 saturated carbocycles. The van der Waals surface area contributed by atoms with E-state index in [1.54, 1.807) is 27.6 Å². The van der Waals surface area contributed by atoms with Crippen LogP contribution in [-0.2, 0) is 6.54 Å². The summed E-state index contributed by atoms with van der Waals surface area (Å²) < 4.78 is 15.0. The fourth-order valence-electron chi connectivity index (χ4n) is 1.94. The molecule has 0 bridgehead atoms. The first-order valence-corrected chi connectivity index (χ1v) is 7.04. The van der Waals surface area contributed by atoms with E-state index < -0.39 is 0 Å². The summed E-state index contributed by atoms with van der Waals surface area (Å²) in [7, 11) is 0. The van der Waals surface area contributed by atoms with E-state index in [0.29, 0.717) is 12.2 Å². The zero-order valence-corrected chi connectivity index (χ0v) is 11.7. The third kappa shape index (κ3) is 2.70. The van der Waals surface area contributed by atoms with E-state index in [4.69, 9.17) is 0 Å². The molecular weight excluding hydrogens is 275 g/mol. The minimum Gasteiger partial charge on any atom is -0.364 e. The van der Waals surface area contributed by atoms with Gasteiger partial charge in [-0.3, -0.25) is 4.98 Å². The smallest absolute Gasteiger partial charge is 0.149 e. The number of nitrogens with one attached hydrogen (secondary N) is 1. The number of rotatable bonds is 4. The molecular formula is C14H13FN4S. The van der Waals surface area contributed by atoms with E-state index in [1.807, 2.05) is 25.3 Å². The Bertz CT molecular complexity index is 706. The summed E-state index contributed by atoms with van der Waals surface area (Å²) in [5, 5.41) is 7.68. The molecule has 0 aliphatic rings. The number of hydrogen-bond donors (Lipinski definition) is 1. The van der Waals surface area contributed by atoms with Crippen molar-refractivity contribution in [3.05, 3.63) is 58.4 Å². The molecule has 102 valence electrons. The van der Waals surface area contributed by atoms with Crippen molar-refractivity contribution in [2.24, 2.45) is 0 Å². The number of benzene rings is 1. The van der Waals surface area contributed by atoms with Crippen LogP contribution in [0.2, 0.25) is 0 Å². The van der Waals surface area contributed by atoms with Gasteiger partial charge in [-0.15, -0.1) is 11.3 Å². The molecule has 6 heteroatoms. The second-order valence-electron chi connectivity index (χ2n) is 4.38. The summed E-state index contributed by atoms with van der Waals surface area (Å²) in [5.74, 6) is 0.497. The first kappa shape index (κ1) is 12.8. The molecule has 3 aromatic rings. The fraction of sp³-hybridized carbons (Fsp3) is 0.143. The quantitative estimate of drug-likeness (QED) is 0.800. The third-order valence-electron chi connectivity index (χ3n) is 2.87. The van der Waals surface area contributed by atoms with Crippen LogP contribution in [0.25, 0.3) is 5.69 Å². The van der Waals surface area contributed by atoms with Gasteiger partial charge in [0, 0.05) is 22.8 Å². The monoisotopic (exact) mass is 288 g/mol. The zero-order valence-electron chi connectivity index (χ0n) is 10.9.